The molecular weight excluding hydrogens is 494 g/mol. The fourth-order valence-electron chi connectivity index (χ4n) is 3.14. The number of carbonyl (C=O) groups excluding carboxylic acids is 2. The lowest BCUT2D eigenvalue weighted by Crippen LogP contribution is -2.52. The second-order valence-corrected chi connectivity index (χ2v) is 10.9. The van der Waals surface area contributed by atoms with Gasteiger partial charge < -0.3 is 10.2 Å². The van der Waals surface area contributed by atoms with Gasteiger partial charge in [0, 0.05) is 17.1 Å². The van der Waals surface area contributed by atoms with E-state index < -0.39 is 28.5 Å². The first-order chi connectivity index (χ1) is 14.9. The first-order valence-corrected chi connectivity index (χ1v) is 12.9. The maximum Gasteiger partial charge on any atom is 0.244 e. The molecule has 9 heteroatoms. The largest absolute Gasteiger partial charge is 0.352 e. The molecule has 2 aromatic rings. The van der Waals surface area contributed by atoms with E-state index in [1.807, 2.05) is 45.0 Å². The molecule has 7 nitrogen and oxygen atoms in total. The Kier molecular flexibility index (Phi) is 8.86. The van der Waals surface area contributed by atoms with Crippen LogP contribution in [0.2, 0.25) is 0 Å². The van der Waals surface area contributed by atoms with Crippen molar-refractivity contribution < 1.29 is 18.0 Å². The van der Waals surface area contributed by atoms with Crippen molar-refractivity contribution >= 4 is 43.5 Å². The average Bonchev–Trinajstić information content (AvgIpc) is 2.69. The van der Waals surface area contributed by atoms with E-state index in [1.54, 1.807) is 31.2 Å². The van der Waals surface area contributed by atoms with Crippen molar-refractivity contribution in [2.24, 2.45) is 0 Å². The quantitative estimate of drug-likeness (QED) is 0.545. The Morgan fingerprint density at radius 1 is 1.06 bits per heavy atom. The van der Waals surface area contributed by atoms with Crippen LogP contribution in [0.25, 0.3) is 0 Å². The van der Waals surface area contributed by atoms with Gasteiger partial charge in [0.1, 0.15) is 12.6 Å². The lowest BCUT2D eigenvalue weighted by Gasteiger charge is -2.32. The molecule has 0 fully saturated rings. The van der Waals surface area contributed by atoms with Crippen LogP contribution in [0.1, 0.15) is 31.9 Å². The van der Waals surface area contributed by atoms with Crippen molar-refractivity contribution in [2.75, 3.05) is 17.1 Å². The van der Waals surface area contributed by atoms with Crippen molar-refractivity contribution in [1.29, 1.82) is 0 Å². The van der Waals surface area contributed by atoms with Crippen molar-refractivity contribution in [3.05, 3.63) is 64.1 Å². The number of sulfonamides is 1. The normalized spacial score (nSPS) is 12.3. The molecule has 1 atom stereocenters. The maximum absolute atomic E-state index is 13.4. The molecule has 0 aliphatic rings. The monoisotopic (exact) mass is 523 g/mol. The highest BCUT2D eigenvalue weighted by Crippen LogP contribution is 2.20. The van der Waals surface area contributed by atoms with Crippen LogP contribution in [0.15, 0.2) is 53.0 Å². The molecule has 2 rings (SSSR count). The topological polar surface area (TPSA) is 86.8 Å². The molecule has 0 radical (unpaired) electrons. The van der Waals surface area contributed by atoms with Crippen LogP contribution in [0.3, 0.4) is 0 Å². The number of anilines is 1. The third-order valence-corrected chi connectivity index (χ3v) is 6.48. The summed E-state index contributed by atoms with van der Waals surface area (Å²) >= 11 is 3.42. The molecule has 0 saturated heterocycles. The smallest absolute Gasteiger partial charge is 0.244 e. The minimum Gasteiger partial charge on any atom is -0.352 e. The van der Waals surface area contributed by atoms with Gasteiger partial charge in [0.05, 0.1) is 11.9 Å². The molecule has 2 aromatic carbocycles. The molecule has 0 aliphatic carbocycles. The van der Waals surface area contributed by atoms with Gasteiger partial charge in [-0.1, -0.05) is 45.8 Å². The fraction of sp³-hybridized carbons (Fsp3) is 0.391. The highest BCUT2D eigenvalue weighted by Gasteiger charge is 2.30. The van der Waals surface area contributed by atoms with Crippen LogP contribution in [0.5, 0.6) is 0 Å². The second-order valence-electron chi connectivity index (χ2n) is 8.10. The van der Waals surface area contributed by atoms with Crippen molar-refractivity contribution in [3.8, 4) is 0 Å². The summed E-state index contributed by atoms with van der Waals surface area (Å²) in [6, 6.07) is 13.5. The van der Waals surface area contributed by atoms with Crippen LogP contribution in [-0.4, -0.2) is 50.0 Å². The van der Waals surface area contributed by atoms with Crippen molar-refractivity contribution in [1.82, 2.24) is 10.2 Å². The summed E-state index contributed by atoms with van der Waals surface area (Å²) in [5, 5.41) is 2.82. The lowest BCUT2D eigenvalue weighted by molar-refractivity contribution is -0.139. The number of hydrogen-bond acceptors (Lipinski definition) is 4. The van der Waals surface area contributed by atoms with Crippen LogP contribution >= 0.6 is 15.9 Å². The third kappa shape index (κ3) is 7.34. The summed E-state index contributed by atoms with van der Waals surface area (Å²) in [6.07, 6.45) is 1.06. The highest BCUT2D eigenvalue weighted by atomic mass is 79.9. The first kappa shape index (κ1) is 25.9. The van der Waals surface area contributed by atoms with E-state index in [2.05, 4.69) is 21.2 Å². The van der Waals surface area contributed by atoms with Crippen LogP contribution in [0, 0.1) is 6.92 Å². The van der Waals surface area contributed by atoms with Gasteiger partial charge in [-0.3, -0.25) is 13.9 Å². The Bertz CT molecular complexity index is 1060. The molecule has 0 saturated carbocycles. The molecule has 174 valence electrons. The van der Waals surface area contributed by atoms with Gasteiger partial charge in [0.25, 0.3) is 0 Å². The number of rotatable bonds is 9. The van der Waals surface area contributed by atoms with E-state index >= 15 is 0 Å². The molecule has 0 heterocycles. The Labute approximate surface area is 199 Å². The average molecular weight is 524 g/mol. The van der Waals surface area contributed by atoms with Gasteiger partial charge in [0.2, 0.25) is 21.8 Å². The van der Waals surface area contributed by atoms with Crippen molar-refractivity contribution in [2.45, 2.75) is 46.3 Å². The zero-order valence-corrected chi connectivity index (χ0v) is 21.4. The molecule has 0 aromatic heterocycles. The number of nitrogens with zero attached hydrogens (tertiary/aromatic N) is 2. The van der Waals surface area contributed by atoms with Crippen LogP contribution in [-0.2, 0) is 26.2 Å². The summed E-state index contributed by atoms with van der Waals surface area (Å²) in [5.41, 5.74) is 2.19. The van der Waals surface area contributed by atoms with Crippen molar-refractivity contribution in [3.63, 3.8) is 0 Å². The molecule has 1 N–H and O–H groups in total. The molecular formula is C23H30BrN3O4S. The summed E-state index contributed by atoms with van der Waals surface area (Å²) in [5.74, 6) is -0.771. The summed E-state index contributed by atoms with van der Waals surface area (Å²) in [6.45, 7) is 6.98. The van der Waals surface area contributed by atoms with Gasteiger partial charge in [0.15, 0.2) is 0 Å². The first-order valence-electron chi connectivity index (χ1n) is 10.3. The number of halogens is 1. The maximum atomic E-state index is 13.4. The Hall–Kier alpha value is -2.39. The van der Waals surface area contributed by atoms with E-state index in [0.717, 1.165) is 26.2 Å². The number of amides is 2. The summed E-state index contributed by atoms with van der Waals surface area (Å²) in [7, 11) is -3.73. The van der Waals surface area contributed by atoms with Crippen LogP contribution < -0.4 is 9.62 Å². The zero-order valence-electron chi connectivity index (χ0n) is 19.0. The van der Waals surface area contributed by atoms with E-state index in [4.69, 9.17) is 0 Å². The van der Waals surface area contributed by atoms with Gasteiger partial charge in [-0.05, 0) is 57.5 Å². The number of nitrogens with one attached hydrogen (secondary N) is 1. The minimum atomic E-state index is -3.73. The van der Waals surface area contributed by atoms with Gasteiger partial charge in [-0.15, -0.1) is 0 Å². The number of benzene rings is 2. The Morgan fingerprint density at radius 2 is 1.69 bits per heavy atom. The Balaban J connectivity index is 2.38. The molecule has 2 amide bonds. The molecule has 0 bridgehead atoms. The van der Waals surface area contributed by atoms with E-state index in [0.29, 0.717) is 5.69 Å². The predicted octanol–water partition coefficient (Wildman–Crippen LogP) is 3.47. The summed E-state index contributed by atoms with van der Waals surface area (Å²) < 4.78 is 26.9. The predicted molar refractivity (Wildman–Crippen MR) is 131 cm³/mol. The van der Waals surface area contributed by atoms with Crippen LogP contribution in [0.4, 0.5) is 5.69 Å². The Morgan fingerprint density at radius 3 is 2.22 bits per heavy atom. The minimum absolute atomic E-state index is 0.0900. The van der Waals surface area contributed by atoms with E-state index in [1.165, 1.54) is 4.90 Å². The zero-order chi connectivity index (χ0) is 24.1. The SMILES string of the molecule is Cc1ccc(N(CC(=O)N(Cc2cccc(Br)c2)[C@H](C)C(=O)NC(C)C)S(C)(=O)=O)cc1. The lowest BCUT2D eigenvalue weighted by atomic mass is 10.1. The summed E-state index contributed by atoms with van der Waals surface area (Å²) in [4.78, 5) is 27.5. The van der Waals surface area contributed by atoms with E-state index in [-0.39, 0.29) is 18.5 Å². The van der Waals surface area contributed by atoms with Gasteiger partial charge >= 0.3 is 0 Å². The molecule has 0 spiro atoms. The molecule has 32 heavy (non-hydrogen) atoms. The molecule has 0 aliphatic heterocycles. The number of carbonyl (C=O) groups is 2. The number of aryl methyl sites for hydroxylation is 1. The highest BCUT2D eigenvalue weighted by molar-refractivity contribution is 9.10. The number of hydrogen-bond donors (Lipinski definition) is 1. The van der Waals surface area contributed by atoms with Gasteiger partial charge in [-0.25, -0.2) is 8.42 Å². The fourth-order valence-corrected chi connectivity index (χ4v) is 4.44. The van der Waals surface area contributed by atoms with Gasteiger partial charge in [-0.2, -0.15) is 0 Å². The second kappa shape index (κ2) is 11.0. The van der Waals surface area contributed by atoms with E-state index in [9.17, 15) is 18.0 Å². The third-order valence-electron chi connectivity index (χ3n) is 4.84. The standard InChI is InChI=1S/C23H30BrN3O4S/c1-16(2)25-23(29)18(4)26(14-19-7-6-8-20(24)13-19)22(28)15-27(32(5,30)31)21-11-9-17(3)10-12-21/h6-13,16,18H,14-15H2,1-5H3,(H,25,29)/t18-/m1/s1. The molecule has 0 unspecified atom stereocenters.